The third-order valence-electron chi connectivity index (χ3n) is 9.71. The molecule has 2 heterocycles. The van der Waals surface area contributed by atoms with Gasteiger partial charge in [0, 0.05) is 31.8 Å². The number of carbonyl (C=O) groups excluding carboxylic acids is 4. The Morgan fingerprint density at radius 2 is 1.32 bits per heavy atom. The summed E-state index contributed by atoms with van der Waals surface area (Å²) in [5, 5.41) is 27.6. The zero-order chi connectivity index (χ0) is 31.7. The van der Waals surface area contributed by atoms with E-state index < -0.39 is 64.9 Å². The van der Waals surface area contributed by atoms with Crippen LogP contribution < -0.4 is 0 Å². The van der Waals surface area contributed by atoms with Crippen LogP contribution in [0.1, 0.15) is 75.7 Å². The van der Waals surface area contributed by atoms with Crippen LogP contribution in [0.2, 0.25) is 0 Å². The highest BCUT2D eigenvalue weighted by Crippen LogP contribution is 2.58. The van der Waals surface area contributed by atoms with E-state index in [2.05, 4.69) is 0 Å². The summed E-state index contributed by atoms with van der Waals surface area (Å²) in [4.78, 5) is 78.8. The number of phenols is 1. The third-order valence-corrected chi connectivity index (χ3v) is 9.71. The molecule has 4 amide bonds. The number of unbranched alkanes of at least 4 members (excludes halogenated alkanes) is 4. The van der Waals surface area contributed by atoms with Crippen LogP contribution in [0.5, 0.6) is 5.75 Å². The number of phenolic OH excluding ortho intramolecular Hbond substituents is 1. The molecule has 1 saturated carbocycles. The fourth-order valence-corrected chi connectivity index (χ4v) is 7.70. The molecule has 2 aliphatic carbocycles. The van der Waals surface area contributed by atoms with Crippen molar-refractivity contribution in [2.45, 2.75) is 70.1 Å². The number of hydrogen-bond donors (Lipinski definition) is 3. The van der Waals surface area contributed by atoms with E-state index in [-0.39, 0.29) is 56.5 Å². The fraction of sp³-hybridized carbons (Fsp3) is 0.562. The molecule has 0 aromatic heterocycles. The van der Waals surface area contributed by atoms with Crippen LogP contribution in [0.25, 0.3) is 0 Å². The number of aromatic hydroxyl groups is 1. The highest BCUT2D eigenvalue weighted by molar-refractivity contribution is 6.08. The van der Waals surface area contributed by atoms with E-state index in [9.17, 15) is 38.3 Å². The molecule has 2 aliphatic heterocycles. The molecule has 236 valence electrons. The Labute approximate surface area is 253 Å². The minimum atomic E-state index is -0.917. The molecule has 3 fully saturated rings. The normalized spacial score (nSPS) is 27.7. The Morgan fingerprint density at radius 3 is 1.89 bits per heavy atom. The number of hydrogen-bond acceptors (Lipinski definition) is 7. The first-order chi connectivity index (χ1) is 21.0. The lowest BCUT2D eigenvalue weighted by atomic mass is 9.57. The Bertz CT molecular complexity index is 1410. The molecule has 0 spiro atoms. The van der Waals surface area contributed by atoms with Gasteiger partial charge in [0.05, 0.1) is 23.7 Å². The van der Waals surface area contributed by atoms with Gasteiger partial charge in [0.25, 0.3) is 0 Å². The van der Waals surface area contributed by atoms with Crippen LogP contribution in [0.15, 0.2) is 29.8 Å². The van der Waals surface area contributed by atoms with Crippen molar-refractivity contribution >= 4 is 35.6 Å². The van der Waals surface area contributed by atoms with Gasteiger partial charge in [-0.1, -0.05) is 30.6 Å². The van der Waals surface area contributed by atoms with Gasteiger partial charge in [0.15, 0.2) is 11.6 Å². The van der Waals surface area contributed by atoms with E-state index in [1.54, 1.807) is 0 Å². The first kappa shape index (κ1) is 31.3. The number of halogens is 1. The molecule has 1 aromatic rings. The second-order valence-electron chi connectivity index (χ2n) is 12.3. The molecule has 6 atom stereocenters. The smallest absolute Gasteiger partial charge is 0.303 e. The molecule has 11 nitrogen and oxygen atoms in total. The van der Waals surface area contributed by atoms with Crippen LogP contribution in [-0.4, -0.2) is 73.8 Å². The van der Waals surface area contributed by atoms with Crippen molar-refractivity contribution in [1.29, 1.82) is 0 Å². The molecule has 3 N–H and O–H groups in total. The number of aliphatic carboxylic acids is 2. The second kappa shape index (κ2) is 12.9. The topological polar surface area (TPSA) is 170 Å². The van der Waals surface area contributed by atoms with Gasteiger partial charge in [-0.15, -0.1) is 0 Å². The molecule has 1 aromatic carbocycles. The Morgan fingerprint density at radius 1 is 0.750 bits per heavy atom. The predicted molar refractivity (Wildman–Crippen MR) is 151 cm³/mol. The van der Waals surface area contributed by atoms with E-state index in [4.69, 9.17) is 10.2 Å². The zero-order valence-corrected chi connectivity index (χ0v) is 24.3. The standard InChI is InChI=1S/C32H37FN2O9/c33-22-15-17(9-12-23(22)36)26-18-10-11-19-27(31(43)34(29(19)41)13-5-1-3-7-24(37)38)20(18)16-21-28(26)32(44)35(30(21)42)14-6-2-4-8-25(39)40/h9-10,12,15,19-21,26-28,36H,1-8,11,13-14,16H2,(H,37,38)(H,39,40)/t19-,20+,21+,26-,27-,28+/m0/s1. The van der Waals surface area contributed by atoms with Gasteiger partial charge >= 0.3 is 11.9 Å². The number of likely N-dealkylation sites (tertiary alicyclic amines) is 2. The summed E-state index contributed by atoms with van der Waals surface area (Å²) >= 11 is 0. The van der Waals surface area contributed by atoms with Crippen molar-refractivity contribution in [3.05, 3.63) is 41.2 Å². The largest absolute Gasteiger partial charge is 0.505 e. The maximum absolute atomic E-state index is 14.6. The molecule has 0 bridgehead atoms. The molecule has 4 aliphatic rings. The Balaban J connectivity index is 1.41. The predicted octanol–water partition coefficient (Wildman–Crippen LogP) is 3.46. The van der Waals surface area contributed by atoms with Gasteiger partial charge < -0.3 is 15.3 Å². The van der Waals surface area contributed by atoms with Crippen LogP contribution in [0.3, 0.4) is 0 Å². The van der Waals surface area contributed by atoms with Crippen molar-refractivity contribution in [2.75, 3.05) is 13.1 Å². The number of amides is 4. The monoisotopic (exact) mass is 612 g/mol. The fourth-order valence-electron chi connectivity index (χ4n) is 7.70. The summed E-state index contributed by atoms with van der Waals surface area (Å²) in [6.07, 6.45) is 5.16. The van der Waals surface area contributed by atoms with Gasteiger partial charge in [-0.05, 0) is 62.1 Å². The maximum Gasteiger partial charge on any atom is 0.303 e. The van der Waals surface area contributed by atoms with Crippen LogP contribution in [0, 0.1) is 35.4 Å². The molecular weight excluding hydrogens is 575 g/mol. The third kappa shape index (κ3) is 5.86. The quantitative estimate of drug-likeness (QED) is 0.172. The van der Waals surface area contributed by atoms with Crippen molar-refractivity contribution < 1.29 is 48.5 Å². The molecule has 44 heavy (non-hydrogen) atoms. The van der Waals surface area contributed by atoms with Crippen molar-refractivity contribution in [3.8, 4) is 5.75 Å². The Kier molecular flexibility index (Phi) is 9.17. The van der Waals surface area contributed by atoms with E-state index in [0.29, 0.717) is 44.1 Å². The number of nitrogens with zero attached hydrogens (tertiary/aromatic N) is 2. The molecule has 12 heteroatoms. The van der Waals surface area contributed by atoms with Gasteiger partial charge in [-0.25, -0.2) is 4.39 Å². The summed E-state index contributed by atoms with van der Waals surface area (Å²) in [6, 6.07) is 3.88. The Hall–Kier alpha value is -4.09. The maximum atomic E-state index is 14.6. The molecule has 0 radical (unpaired) electrons. The van der Waals surface area contributed by atoms with Gasteiger partial charge in [0.2, 0.25) is 23.6 Å². The minimum Gasteiger partial charge on any atom is -0.505 e. The summed E-state index contributed by atoms with van der Waals surface area (Å²) in [5.74, 6) is -8.83. The first-order valence-corrected chi connectivity index (χ1v) is 15.3. The minimum absolute atomic E-state index is 0.00781. The summed E-state index contributed by atoms with van der Waals surface area (Å²) in [5.41, 5.74) is 1.13. The lowest BCUT2D eigenvalue weighted by Crippen LogP contribution is -2.43. The number of carboxylic acid groups (broad SMARTS) is 2. The van der Waals surface area contributed by atoms with Crippen molar-refractivity contribution in [1.82, 2.24) is 9.80 Å². The molecular formula is C32H37FN2O9. The zero-order valence-electron chi connectivity index (χ0n) is 24.3. The van der Waals surface area contributed by atoms with E-state index in [1.807, 2.05) is 6.08 Å². The van der Waals surface area contributed by atoms with Crippen LogP contribution >= 0.6 is 0 Å². The van der Waals surface area contributed by atoms with Gasteiger partial charge in [-0.3, -0.25) is 38.6 Å². The number of carbonyl (C=O) groups is 6. The molecule has 2 saturated heterocycles. The summed E-state index contributed by atoms with van der Waals surface area (Å²) in [7, 11) is 0. The highest BCUT2D eigenvalue weighted by Gasteiger charge is 2.61. The molecule has 5 rings (SSSR count). The first-order valence-electron chi connectivity index (χ1n) is 15.3. The van der Waals surface area contributed by atoms with Crippen LogP contribution in [-0.2, 0) is 28.8 Å². The van der Waals surface area contributed by atoms with E-state index >= 15 is 0 Å². The number of rotatable bonds is 13. The molecule has 0 unspecified atom stereocenters. The average Bonchev–Trinajstić information content (AvgIpc) is 3.36. The number of carboxylic acids is 2. The van der Waals surface area contributed by atoms with Crippen molar-refractivity contribution in [2.24, 2.45) is 29.6 Å². The summed E-state index contributed by atoms with van der Waals surface area (Å²) < 4.78 is 14.6. The highest BCUT2D eigenvalue weighted by atomic mass is 19.1. The van der Waals surface area contributed by atoms with E-state index in [0.717, 1.165) is 11.6 Å². The van der Waals surface area contributed by atoms with Crippen molar-refractivity contribution in [3.63, 3.8) is 0 Å². The summed E-state index contributed by atoms with van der Waals surface area (Å²) in [6.45, 7) is 0.307. The number of allylic oxidation sites excluding steroid dienone is 2. The lowest BCUT2D eigenvalue weighted by molar-refractivity contribution is -0.142. The number of fused-ring (bicyclic) bond motifs is 4. The second-order valence-corrected chi connectivity index (χ2v) is 12.3. The number of benzene rings is 1. The SMILES string of the molecule is O=C(O)CCCCCN1C(=O)[C@H]2[C@H](CC=C3[C@H]2C[C@H]2C(=O)N(CCCCCC(=O)O)C(=O)[C@H]2[C@H]3c2ccc(O)c(F)c2)C1=O. The van der Waals surface area contributed by atoms with Gasteiger partial charge in [0.1, 0.15) is 0 Å². The number of imide groups is 2. The average molecular weight is 613 g/mol. The van der Waals surface area contributed by atoms with E-state index in [1.165, 1.54) is 21.9 Å². The van der Waals surface area contributed by atoms with Gasteiger partial charge in [-0.2, -0.15) is 0 Å². The lowest BCUT2D eigenvalue weighted by Gasteiger charge is -2.44. The van der Waals surface area contributed by atoms with Crippen LogP contribution in [0.4, 0.5) is 4.39 Å².